The van der Waals surface area contributed by atoms with Gasteiger partial charge in [0, 0.05) is 0 Å². The van der Waals surface area contributed by atoms with E-state index in [-0.39, 0.29) is 11.7 Å². The monoisotopic (exact) mass is 425 g/mol. The third-order valence-corrected chi connectivity index (χ3v) is 5.60. The Morgan fingerprint density at radius 3 is 2.48 bits per heavy atom. The number of ether oxygens (including phenoxy) is 1. The van der Waals surface area contributed by atoms with Crippen LogP contribution in [-0.2, 0) is 4.79 Å². The minimum Gasteiger partial charge on any atom is -0.486 e. The number of anilines is 1. The molecule has 0 aliphatic rings. The Morgan fingerprint density at radius 2 is 1.77 bits per heavy atom. The lowest BCUT2D eigenvalue weighted by atomic mass is 10.1. The molecule has 1 aromatic heterocycles. The van der Waals surface area contributed by atoms with E-state index in [1.807, 2.05) is 91.9 Å². The fraction of sp³-hybridized carbons (Fsp3) is 0.0800. The largest absolute Gasteiger partial charge is 0.486 e. The van der Waals surface area contributed by atoms with Crippen LogP contribution in [0.2, 0.25) is 0 Å². The van der Waals surface area contributed by atoms with Crippen LogP contribution in [0.25, 0.3) is 16.3 Å². The maximum absolute atomic E-state index is 12.5. The van der Waals surface area contributed by atoms with Crippen molar-refractivity contribution in [2.75, 3.05) is 5.32 Å². The van der Waals surface area contributed by atoms with E-state index in [1.165, 1.54) is 11.3 Å². The third-order valence-electron chi connectivity index (χ3n) is 4.65. The van der Waals surface area contributed by atoms with Gasteiger partial charge in [0.05, 0.1) is 10.2 Å². The number of nitrogens with zero attached hydrogens (tertiary/aromatic N) is 2. The molecule has 1 amide bonds. The van der Waals surface area contributed by atoms with Crippen LogP contribution >= 0.6 is 11.3 Å². The van der Waals surface area contributed by atoms with Gasteiger partial charge in [0.25, 0.3) is 5.91 Å². The number of nitriles is 1. The summed E-state index contributed by atoms with van der Waals surface area (Å²) >= 11 is 1.37. The second-order valence-corrected chi connectivity index (χ2v) is 7.88. The highest BCUT2D eigenvalue weighted by Crippen LogP contribution is 2.26. The molecule has 1 heterocycles. The van der Waals surface area contributed by atoms with E-state index in [0.717, 1.165) is 21.3 Å². The molecule has 0 radical (unpaired) electrons. The zero-order valence-electron chi connectivity index (χ0n) is 16.8. The van der Waals surface area contributed by atoms with Crippen molar-refractivity contribution >= 4 is 38.7 Å². The highest BCUT2D eigenvalue weighted by molar-refractivity contribution is 7.22. The van der Waals surface area contributed by atoms with Crippen LogP contribution in [0, 0.1) is 11.3 Å². The average molecular weight is 426 g/mol. The molecular weight excluding hydrogens is 406 g/mol. The van der Waals surface area contributed by atoms with Gasteiger partial charge in [-0.15, -0.1) is 0 Å². The highest BCUT2D eigenvalue weighted by atomic mass is 32.1. The van der Waals surface area contributed by atoms with Gasteiger partial charge in [-0.05, 0) is 48.4 Å². The molecule has 4 aromatic rings. The van der Waals surface area contributed by atoms with Crippen LogP contribution in [0.1, 0.15) is 24.2 Å². The minimum atomic E-state index is -0.486. The fourth-order valence-corrected chi connectivity index (χ4v) is 3.91. The highest BCUT2D eigenvalue weighted by Gasteiger charge is 2.13. The van der Waals surface area contributed by atoms with Gasteiger partial charge in [0.2, 0.25) is 0 Å². The van der Waals surface area contributed by atoms with Crippen LogP contribution in [0.3, 0.4) is 0 Å². The Morgan fingerprint density at radius 1 is 1.06 bits per heavy atom. The first-order valence-corrected chi connectivity index (χ1v) is 10.5. The number of thiazole rings is 1. The molecule has 0 aliphatic heterocycles. The second-order valence-electron chi connectivity index (χ2n) is 6.85. The van der Waals surface area contributed by atoms with Gasteiger partial charge < -0.3 is 4.74 Å². The number of carbonyl (C=O) groups excluding carboxylic acids is 1. The summed E-state index contributed by atoms with van der Waals surface area (Å²) in [7, 11) is 0. The molecule has 1 atom stereocenters. The molecule has 0 spiro atoms. The van der Waals surface area contributed by atoms with Gasteiger partial charge in [0.15, 0.2) is 5.13 Å². The maximum atomic E-state index is 12.5. The van der Waals surface area contributed by atoms with Gasteiger partial charge in [-0.3, -0.25) is 10.1 Å². The fourth-order valence-electron chi connectivity index (χ4n) is 3.04. The molecule has 3 aromatic carbocycles. The van der Waals surface area contributed by atoms with Gasteiger partial charge in [-0.25, -0.2) is 4.98 Å². The topological polar surface area (TPSA) is 75.0 Å². The number of hydrogen-bond acceptors (Lipinski definition) is 5. The molecule has 5 nitrogen and oxygen atoms in total. The molecule has 0 aliphatic carbocycles. The summed E-state index contributed by atoms with van der Waals surface area (Å²) in [4.78, 5) is 16.9. The number of hydrogen-bond donors (Lipinski definition) is 1. The van der Waals surface area contributed by atoms with Gasteiger partial charge >= 0.3 is 0 Å². The van der Waals surface area contributed by atoms with Crippen molar-refractivity contribution in [1.82, 2.24) is 4.98 Å². The lowest BCUT2D eigenvalue weighted by Gasteiger charge is -2.15. The van der Waals surface area contributed by atoms with Crippen molar-refractivity contribution in [2.45, 2.75) is 13.0 Å². The first kappa shape index (κ1) is 20.3. The van der Waals surface area contributed by atoms with E-state index < -0.39 is 5.91 Å². The Labute approximate surface area is 184 Å². The molecule has 0 saturated heterocycles. The predicted octanol–water partition coefficient (Wildman–Crippen LogP) is 5.98. The van der Waals surface area contributed by atoms with E-state index in [4.69, 9.17) is 4.74 Å². The summed E-state index contributed by atoms with van der Waals surface area (Å²) in [5, 5.41) is 12.6. The predicted molar refractivity (Wildman–Crippen MR) is 124 cm³/mol. The van der Waals surface area contributed by atoms with Crippen LogP contribution in [0.5, 0.6) is 5.75 Å². The average Bonchev–Trinajstić information content (AvgIpc) is 3.21. The van der Waals surface area contributed by atoms with Gasteiger partial charge in [-0.2, -0.15) is 5.26 Å². The Balaban J connectivity index is 1.44. The molecule has 0 bridgehead atoms. The Hall–Kier alpha value is -3.95. The Kier molecular flexibility index (Phi) is 6.06. The van der Waals surface area contributed by atoms with Crippen molar-refractivity contribution in [1.29, 1.82) is 5.26 Å². The van der Waals surface area contributed by atoms with E-state index in [1.54, 1.807) is 6.08 Å². The van der Waals surface area contributed by atoms with E-state index in [9.17, 15) is 10.1 Å². The number of benzene rings is 3. The molecule has 31 heavy (non-hydrogen) atoms. The molecule has 0 unspecified atom stereocenters. The van der Waals surface area contributed by atoms with Crippen LogP contribution in [-0.4, -0.2) is 10.9 Å². The van der Waals surface area contributed by atoms with Crippen LogP contribution in [0.4, 0.5) is 5.13 Å². The SMILES string of the molecule is C[C@@H](Oc1ccc(/C=C(\C#N)C(=O)Nc2nc3ccccc3s2)cc1)c1ccccc1. The van der Waals surface area contributed by atoms with E-state index >= 15 is 0 Å². The normalized spacial score (nSPS) is 12.2. The number of nitrogens with one attached hydrogen (secondary N) is 1. The summed E-state index contributed by atoms with van der Waals surface area (Å²) in [5.41, 5.74) is 2.64. The van der Waals surface area contributed by atoms with Crippen molar-refractivity contribution in [3.63, 3.8) is 0 Å². The molecule has 4 rings (SSSR count). The standard InChI is InChI=1S/C25H19N3O2S/c1-17(19-7-3-2-4-8-19)30-21-13-11-18(12-14-21)15-20(16-26)24(29)28-25-27-22-9-5-6-10-23(22)31-25/h2-15,17H,1H3,(H,27,28,29)/b20-15+/t17-/m1/s1. The van der Waals surface area contributed by atoms with Gasteiger partial charge in [0.1, 0.15) is 23.5 Å². The van der Waals surface area contributed by atoms with Crippen molar-refractivity contribution in [2.24, 2.45) is 0 Å². The minimum absolute atomic E-state index is 0.00516. The van der Waals surface area contributed by atoms with Crippen molar-refractivity contribution < 1.29 is 9.53 Å². The number of amides is 1. The van der Waals surface area contributed by atoms with E-state index in [0.29, 0.717) is 10.9 Å². The van der Waals surface area contributed by atoms with Crippen LogP contribution in [0.15, 0.2) is 84.4 Å². The summed E-state index contributed by atoms with van der Waals surface area (Å²) in [5.74, 6) is 0.227. The number of aromatic nitrogens is 1. The summed E-state index contributed by atoms with van der Waals surface area (Å²) < 4.78 is 6.94. The molecular formula is C25H19N3O2S. The lowest BCUT2D eigenvalue weighted by molar-refractivity contribution is -0.112. The quantitative estimate of drug-likeness (QED) is 0.304. The smallest absolute Gasteiger partial charge is 0.268 e. The zero-order valence-corrected chi connectivity index (χ0v) is 17.6. The molecule has 0 saturated carbocycles. The van der Waals surface area contributed by atoms with Crippen molar-refractivity contribution in [3.8, 4) is 11.8 Å². The molecule has 1 N–H and O–H groups in total. The number of para-hydroxylation sites is 1. The van der Waals surface area contributed by atoms with Crippen LogP contribution < -0.4 is 10.1 Å². The molecule has 0 fully saturated rings. The number of fused-ring (bicyclic) bond motifs is 1. The van der Waals surface area contributed by atoms with Gasteiger partial charge in [-0.1, -0.05) is 65.9 Å². The summed E-state index contributed by atoms with van der Waals surface area (Å²) in [6.07, 6.45) is 1.46. The molecule has 6 heteroatoms. The molecule has 152 valence electrons. The van der Waals surface area contributed by atoms with E-state index in [2.05, 4.69) is 10.3 Å². The maximum Gasteiger partial charge on any atom is 0.268 e. The first-order valence-electron chi connectivity index (χ1n) is 9.73. The third kappa shape index (κ3) is 4.97. The number of rotatable bonds is 6. The number of carbonyl (C=O) groups is 1. The summed E-state index contributed by atoms with van der Waals surface area (Å²) in [6.45, 7) is 1.99. The lowest BCUT2D eigenvalue weighted by Crippen LogP contribution is -2.13. The van der Waals surface area contributed by atoms with Crippen molar-refractivity contribution in [3.05, 3.63) is 95.6 Å². The summed E-state index contributed by atoms with van der Waals surface area (Å²) in [6, 6.07) is 26.8. The second kappa shape index (κ2) is 9.24. The zero-order chi connectivity index (χ0) is 21.6. The Bertz CT molecular complexity index is 1240. The first-order chi connectivity index (χ1) is 15.1.